The van der Waals surface area contributed by atoms with Crippen LogP contribution in [0.25, 0.3) is 0 Å². The highest BCUT2D eigenvalue weighted by Crippen LogP contribution is 2.32. The second kappa shape index (κ2) is 7.80. The smallest absolute Gasteiger partial charge is 0.287 e. The van der Waals surface area contributed by atoms with Crippen molar-refractivity contribution in [2.45, 2.75) is 44.2 Å². The number of halogens is 1. The molecular formula is C17H19ClN4O5S. The van der Waals surface area contributed by atoms with E-state index in [1.807, 2.05) is 11.6 Å². The summed E-state index contributed by atoms with van der Waals surface area (Å²) in [6.45, 7) is 4.28. The number of aryl methyl sites for hydroxylation is 1. The minimum absolute atomic E-state index is 0.0536. The molecule has 0 radical (unpaired) electrons. The molecule has 9 nitrogen and oxygen atoms in total. The Balaban J connectivity index is 1.83. The molecule has 0 fully saturated rings. The fourth-order valence-electron chi connectivity index (χ4n) is 2.69. The van der Waals surface area contributed by atoms with Gasteiger partial charge in [-0.15, -0.1) is 0 Å². The lowest BCUT2D eigenvalue weighted by atomic mass is 10.2. The first-order chi connectivity index (χ1) is 13.2. The van der Waals surface area contributed by atoms with Crippen molar-refractivity contribution in [1.29, 1.82) is 0 Å². The van der Waals surface area contributed by atoms with Crippen LogP contribution < -0.4 is 14.8 Å². The van der Waals surface area contributed by atoms with E-state index >= 15 is 0 Å². The van der Waals surface area contributed by atoms with E-state index in [4.69, 9.17) is 16.3 Å². The summed E-state index contributed by atoms with van der Waals surface area (Å²) in [6.07, 6.45) is 2.09. The third-order valence-electron chi connectivity index (χ3n) is 4.06. The number of ether oxygens (including phenoxy) is 1. The molecule has 1 aliphatic heterocycles. The van der Waals surface area contributed by atoms with Gasteiger partial charge in [-0.05, 0) is 31.0 Å². The Labute approximate surface area is 167 Å². The number of rotatable bonds is 6. The van der Waals surface area contributed by atoms with Gasteiger partial charge in [-0.2, -0.15) is 5.10 Å². The van der Waals surface area contributed by atoms with Crippen LogP contribution in [-0.2, 0) is 21.4 Å². The van der Waals surface area contributed by atoms with Crippen LogP contribution in [-0.4, -0.2) is 36.1 Å². The Morgan fingerprint density at radius 1 is 1.39 bits per heavy atom. The summed E-state index contributed by atoms with van der Waals surface area (Å²) in [5, 5.41) is 6.67. The number of aromatic nitrogens is 2. The van der Waals surface area contributed by atoms with E-state index < -0.39 is 22.0 Å². The van der Waals surface area contributed by atoms with Crippen molar-refractivity contribution in [1.82, 2.24) is 14.5 Å². The van der Waals surface area contributed by atoms with Crippen LogP contribution in [0, 0.1) is 0 Å². The Bertz CT molecular complexity index is 1030. The molecule has 0 aliphatic carbocycles. The normalized spacial score (nSPS) is 16.1. The third kappa shape index (κ3) is 3.97. The Morgan fingerprint density at radius 3 is 2.82 bits per heavy atom. The molecule has 1 aromatic carbocycles. The number of benzene rings is 1. The van der Waals surface area contributed by atoms with Crippen molar-refractivity contribution in [3.8, 4) is 5.75 Å². The minimum Gasteiger partial charge on any atom is -0.478 e. The van der Waals surface area contributed by atoms with Gasteiger partial charge in [0.2, 0.25) is 0 Å². The number of carbonyl (C=O) groups excluding carboxylic acids is 2. The summed E-state index contributed by atoms with van der Waals surface area (Å²) in [4.78, 5) is 24.1. The van der Waals surface area contributed by atoms with Crippen LogP contribution in [0.15, 0.2) is 29.3 Å². The van der Waals surface area contributed by atoms with E-state index in [1.54, 1.807) is 6.92 Å². The van der Waals surface area contributed by atoms with E-state index in [0.717, 1.165) is 6.42 Å². The molecule has 11 heteroatoms. The monoisotopic (exact) mass is 426 g/mol. The van der Waals surface area contributed by atoms with Gasteiger partial charge in [-0.25, -0.2) is 13.1 Å². The van der Waals surface area contributed by atoms with Crippen LogP contribution in [0.1, 0.15) is 37.2 Å². The van der Waals surface area contributed by atoms with Gasteiger partial charge < -0.3 is 10.1 Å². The lowest BCUT2D eigenvalue weighted by Crippen LogP contribution is -2.36. The molecule has 1 aliphatic rings. The number of carbonyl (C=O) groups is 2. The van der Waals surface area contributed by atoms with Crippen molar-refractivity contribution >= 4 is 39.1 Å². The second-order valence-electron chi connectivity index (χ2n) is 6.19. The molecule has 0 saturated heterocycles. The number of nitrogens with one attached hydrogen (secondary N) is 2. The molecule has 2 N–H and O–H groups in total. The predicted octanol–water partition coefficient (Wildman–Crippen LogP) is 2.17. The summed E-state index contributed by atoms with van der Waals surface area (Å²) >= 11 is 5.99. The van der Waals surface area contributed by atoms with Gasteiger partial charge in [0, 0.05) is 12.7 Å². The molecule has 0 bridgehead atoms. The van der Waals surface area contributed by atoms with Crippen molar-refractivity contribution in [2.75, 3.05) is 5.32 Å². The summed E-state index contributed by atoms with van der Waals surface area (Å²) < 4.78 is 34.1. The Kier molecular flexibility index (Phi) is 5.61. The van der Waals surface area contributed by atoms with Crippen molar-refractivity contribution in [3.63, 3.8) is 0 Å². The molecule has 28 heavy (non-hydrogen) atoms. The lowest BCUT2D eigenvalue weighted by Gasteiger charge is -2.25. The zero-order chi connectivity index (χ0) is 20.5. The van der Waals surface area contributed by atoms with Crippen molar-refractivity contribution < 1.29 is 22.7 Å². The highest BCUT2D eigenvalue weighted by Gasteiger charge is 2.29. The average Bonchev–Trinajstić information content (AvgIpc) is 3.01. The maximum atomic E-state index is 12.6. The molecule has 0 unspecified atom stereocenters. The standard InChI is InChI=1S/C17H19ClN4O5S/c1-3-7-22-9-11(18)15(20-22)17(24)21-28(25,26)10-5-6-14-12(8-10)19-16(23)13(4-2)27-14/h5-6,8-9,13H,3-4,7H2,1-2H3,(H,19,23)(H,21,24)/t13-/m0/s1. The Morgan fingerprint density at radius 2 is 2.14 bits per heavy atom. The van der Waals surface area contributed by atoms with E-state index in [-0.39, 0.29) is 27.2 Å². The molecule has 2 aromatic rings. The van der Waals surface area contributed by atoms with Gasteiger partial charge in [-0.3, -0.25) is 14.3 Å². The first-order valence-corrected chi connectivity index (χ1v) is 10.5. The average molecular weight is 427 g/mol. The SMILES string of the molecule is CCCn1cc(Cl)c(C(=O)NS(=O)(=O)c2ccc3c(c2)NC(=O)[C@H](CC)O3)n1. The number of hydrogen-bond acceptors (Lipinski definition) is 6. The number of nitrogens with zero attached hydrogens (tertiary/aromatic N) is 2. The molecule has 2 heterocycles. The van der Waals surface area contributed by atoms with Gasteiger partial charge in [-0.1, -0.05) is 25.4 Å². The molecule has 1 aromatic heterocycles. The van der Waals surface area contributed by atoms with Crippen LogP contribution >= 0.6 is 11.6 Å². The van der Waals surface area contributed by atoms with E-state index in [2.05, 4.69) is 10.4 Å². The van der Waals surface area contributed by atoms with Gasteiger partial charge >= 0.3 is 0 Å². The zero-order valence-electron chi connectivity index (χ0n) is 15.2. The molecule has 3 rings (SSSR count). The van der Waals surface area contributed by atoms with Crippen molar-refractivity contribution in [2.24, 2.45) is 0 Å². The summed E-state index contributed by atoms with van der Waals surface area (Å²) in [6, 6.07) is 3.95. The van der Waals surface area contributed by atoms with Gasteiger partial charge in [0.1, 0.15) is 5.75 Å². The quantitative estimate of drug-likeness (QED) is 0.730. The molecule has 0 spiro atoms. The maximum Gasteiger partial charge on any atom is 0.287 e. The second-order valence-corrected chi connectivity index (χ2v) is 8.27. The fraction of sp³-hybridized carbons (Fsp3) is 0.353. The number of sulfonamides is 1. The first kappa shape index (κ1) is 20.2. The zero-order valence-corrected chi connectivity index (χ0v) is 16.8. The van der Waals surface area contributed by atoms with Gasteiger partial charge in [0.05, 0.1) is 15.6 Å². The molecule has 2 amide bonds. The van der Waals surface area contributed by atoms with Crippen LogP contribution in [0.2, 0.25) is 5.02 Å². The van der Waals surface area contributed by atoms with Crippen molar-refractivity contribution in [3.05, 3.63) is 35.1 Å². The van der Waals surface area contributed by atoms with Gasteiger partial charge in [0.15, 0.2) is 11.8 Å². The highest BCUT2D eigenvalue weighted by atomic mass is 35.5. The summed E-state index contributed by atoms with van der Waals surface area (Å²) in [7, 11) is -4.21. The fourth-order valence-corrected chi connectivity index (χ4v) is 3.90. The number of anilines is 1. The molecule has 1 atom stereocenters. The van der Waals surface area contributed by atoms with E-state index in [0.29, 0.717) is 18.7 Å². The van der Waals surface area contributed by atoms with Crippen LogP contribution in [0.3, 0.4) is 0 Å². The lowest BCUT2D eigenvalue weighted by molar-refractivity contribution is -0.123. The van der Waals surface area contributed by atoms with E-state index in [1.165, 1.54) is 29.1 Å². The number of amides is 2. The van der Waals surface area contributed by atoms with Crippen LogP contribution in [0.5, 0.6) is 5.75 Å². The summed E-state index contributed by atoms with van der Waals surface area (Å²) in [5.74, 6) is -0.941. The molecule has 150 valence electrons. The largest absolute Gasteiger partial charge is 0.478 e. The third-order valence-corrected chi connectivity index (χ3v) is 5.67. The van der Waals surface area contributed by atoms with Crippen LogP contribution in [0.4, 0.5) is 5.69 Å². The Hall–Kier alpha value is -2.59. The first-order valence-electron chi connectivity index (χ1n) is 8.66. The van der Waals surface area contributed by atoms with Gasteiger partial charge in [0.25, 0.3) is 21.8 Å². The highest BCUT2D eigenvalue weighted by molar-refractivity contribution is 7.90. The molecular weight excluding hydrogens is 408 g/mol. The van der Waals surface area contributed by atoms with E-state index in [9.17, 15) is 18.0 Å². The summed E-state index contributed by atoms with van der Waals surface area (Å²) in [5.41, 5.74) is 0.0364. The molecule has 0 saturated carbocycles. The topological polar surface area (TPSA) is 119 Å². The maximum absolute atomic E-state index is 12.6. The number of fused-ring (bicyclic) bond motifs is 1. The minimum atomic E-state index is -4.21. The number of hydrogen-bond donors (Lipinski definition) is 2. The predicted molar refractivity (Wildman–Crippen MR) is 102 cm³/mol.